The highest BCUT2D eigenvalue weighted by atomic mass is 35.5. The van der Waals surface area contributed by atoms with Crippen LogP contribution in [0.15, 0.2) is 48.7 Å². The van der Waals surface area contributed by atoms with E-state index in [4.69, 9.17) is 21.1 Å². The number of aryl methyl sites for hydroxylation is 1. The largest absolute Gasteiger partial charge is 0.495 e. The molecule has 1 aromatic heterocycles. The van der Waals surface area contributed by atoms with E-state index in [1.54, 1.807) is 23.2 Å². The Morgan fingerprint density at radius 1 is 1.11 bits per heavy atom. The predicted molar refractivity (Wildman–Crippen MR) is 144 cm³/mol. The molecule has 0 radical (unpaired) electrons. The van der Waals surface area contributed by atoms with Crippen LogP contribution in [0.5, 0.6) is 5.75 Å². The number of halogens is 1. The summed E-state index contributed by atoms with van der Waals surface area (Å²) in [7, 11) is 1.54. The summed E-state index contributed by atoms with van der Waals surface area (Å²) in [6, 6.07) is 13.2. The average Bonchev–Trinajstić information content (AvgIpc) is 3.31. The van der Waals surface area contributed by atoms with E-state index in [1.165, 1.54) is 7.11 Å². The number of aromatic nitrogens is 2. The number of amides is 2. The van der Waals surface area contributed by atoms with Crippen molar-refractivity contribution in [3.05, 3.63) is 70.5 Å². The minimum absolute atomic E-state index is 0.0241. The smallest absolute Gasteiger partial charge is 0.410 e. The summed E-state index contributed by atoms with van der Waals surface area (Å²) < 4.78 is 12.8. The molecule has 0 bridgehead atoms. The Bertz CT molecular complexity index is 1280. The van der Waals surface area contributed by atoms with Crippen molar-refractivity contribution in [1.82, 2.24) is 14.7 Å². The van der Waals surface area contributed by atoms with Gasteiger partial charge in [-0.15, -0.1) is 0 Å². The molecule has 2 amide bonds. The highest BCUT2D eigenvalue weighted by Crippen LogP contribution is 2.35. The molecular formula is C28H33ClN4O4. The van der Waals surface area contributed by atoms with Crippen LogP contribution >= 0.6 is 11.6 Å². The van der Waals surface area contributed by atoms with Crippen molar-refractivity contribution in [2.45, 2.75) is 52.1 Å². The molecule has 1 fully saturated rings. The number of carbonyl (C=O) groups is 2. The van der Waals surface area contributed by atoms with Crippen molar-refractivity contribution < 1.29 is 19.1 Å². The van der Waals surface area contributed by atoms with Gasteiger partial charge in [-0.2, -0.15) is 5.10 Å². The highest BCUT2D eigenvalue weighted by Gasteiger charge is 2.32. The monoisotopic (exact) mass is 524 g/mol. The number of nitrogens with zero attached hydrogens (tertiary/aromatic N) is 3. The first-order chi connectivity index (χ1) is 17.6. The topological polar surface area (TPSA) is 85.7 Å². The summed E-state index contributed by atoms with van der Waals surface area (Å²) in [5, 5.41) is 8.14. The van der Waals surface area contributed by atoms with Gasteiger partial charge < -0.3 is 19.7 Å². The summed E-state index contributed by atoms with van der Waals surface area (Å²) >= 11 is 6.24. The van der Waals surface area contributed by atoms with Crippen molar-refractivity contribution >= 4 is 29.3 Å². The summed E-state index contributed by atoms with van der Waals surface area (Å²) in [6.45, 7) is 8.51. The van der Waals surface area contributed by atoms with Crippen LogP contribution in [0, 0.1) is 6.92 Å². The number of carbonyl (C=O) groups excluding carboxylic acids is 2. The van der Waals surface area contributed by atoms with Crippen LogP contribution in [0.3, 0.4) is 0 Å². The molecule has 1 N–H and O–H groups in total. The second-order valence-electron chi connectivity index (χ2n) is 10.2. The van der Waals surface area contributed by atoms with Gasteiger partial charge in [0.05, 0.1) is 35.9 Å². The van der Waals surface area contributed by atoms with Gasteiger partial charge in [-0.25, -0.2) is 9.48 Å². The Morgan fingerprint density at radius 3 is 2.41 bits per heavy atom. The lowest BCUT2D eigenvalue weighted by Crippen LogP contribution is -2.41. The molecule has 0 unspecified atom stereocenters. The summed E-state index contributed by atoms with van der Waals surface area (Å²) in [5.41, 5.74) is 2.98. The molecule has 0 saturated carbocycles. The zero-order valence-electron chi connectivity index (χ0n) is 21.9. The number of para-hydroxylation sites is 1. The van der Waals surface area contributed by atoms with Gasteiger partial charge in [0, 0.05) is 30.1 Å². The van der Waals surface area contributed by atoms with Gasteiger partial charge in [0.2, 0.25) is 0 Å². The molecule has 1 saturated heterocycles. The molecular weight excluding hydrogens is 492 g/mol. The Labute approximate surface area is 222 Å². The Morgan fingerprint density at radius 2 is 1.78 bits per heavy atom. The van der Waals surface area contributed by atoms with E-state index in [9.17, 15) is 9.59 Å². The third kappa shape index (κ3) is 6.07. The molecule has 1 aliphatic heterocycles. The third-order valence-electron chi connectivity index (χ3n) is 6.31. The van der Waals surface area contributed by atoms with Gasteiger partial charge in [0.15, 0.2) is 0 Å². The zero-order valence-corrected chi connectivity index (χ0v) is 22.6. The summed E-state index contributed by atoms with van der Waals surface area (Å²) in [5.74, 6) is 0.217. The zero-order chi connectivity index (χ0) is 26.7. The number of anilines is 1. The van der Waals surface area contributed by atoms with E-state index in [0.29, 0.717) is 48.0 Å². The highest BCUT2D eigenvalue weighted by molar-refractivity contribution is 6.31. The van der Waals surface area contributed by atoms with Gasteiger partial charge >= 0.3 is 6.09 Å². The number of methoxy groups -OCH3 is 1. The van der Waals surface area contributed by atoms with E-state index in [0.717, 1.165) is 16.9 Å². The molecule has 8 nitrogen and oxygen atoms in total. The van der Waals surface area contributed by atoms with E-state index in [2.05, 4.69) is 10.4 Å². The first-order valence-corrected chi connectivity index (χ1v) is 12.7. The molecule has 9 heteroatoms. The molecule has 2 heterocycles. The average molecular weight is 525 g/mol. The molecule has 4 rings (SSSR count). The number of hydrogen-bond donors (Lipinski definition) is 1. The van der Waals surface area contributed by atoms with Crippen molar-refractivity contribution in [1.29, 1.82) is 0 Å². The molecule has 2 aromatic carbocycles. The van der Waals surface area contributed by atoms with E-state index in [1.807, 2.05) is 62.7 Å². The minimum Gasteiger partial charge on any atom is -0.495 e. The van der Waals surface area contributed by atoms with E-state index < -0.39 is 5.60 Å². The molecule has 1 aliphatic rings. The van der Waals surface area contributed by atoms with Crippen molar-refractivity contribution in [3.63, 3.8) is 0 Å². The Hall–Kier alpha value is -3.52. The SMILES string of the molecule is COc1cc(Cl)c(C)cc1NC(=O)c1cnn(-c2ccccc2)c1C1CCN(C(=O)OC(C)(C)C)CC1. The maximum atomic E-state index is 13.6. The second kappa shape index (κ2) is 10.8. The fraction of sp³-hybridized carbons (Fsp3) is 0.393. The first-order valence-electron chi connectivity index (χ1n) is 12.3. The number of rotatable bonds is 5. The van der Waals surface area contributed by atoms with Crippen LogP contribution in [0.4, 0.5) is 10.5 Å². The van der Waals surface area contributed by atoms with Crippen LogP contribution in [-0.2, 0) is 4.74 Å². The second-order valence-corrected chi connectivity index (χ2v) is 10.6. The fourth-order valence-electron chi connectivity index (χ4n) is 4.48. The van der Waals surface area contributed by atoms with Gasteiger partial charge in [0.25, 0.3) is 5.91 Å². The lowest BCUT2D eigenvalue weighted by Gasteiger charge is -2.34. The Kier molecular flexibility index (Phi) is 7.78. The lowest BCUT2D eigenvalue weighted by molar-refractivity contribution is 0.0203. The number of ether oxygens (including phenoxy) is 2. The first kappa shape index (κ1) is 26.5. The lowest BCUT2D eigenvalue weighted by atomic mass is 9.90. The number of nitrogens with one attached hydrogen (secondary N) is 1. The summed E-state index contributed by atoms with van der Waals surface area (Å²) in [6.07, 6.45) is 2.65. The number of benzene rings is 2. The summed E-state index contributed by atoms with van der Waals surface area (Å²) in [4.78, 5) is 27.9. The molecule has 0 atom stereocenters. The molecule has 37 heavy (non-hydrogen) atoms. The normalized spacial score (nSPS) is 14.4. The molecule has 0 spiro atoms. The van der Waals surface area contributed by atoms with Crippen LogP contribution < -0.4 is 10.1 Å². The molecule has 3 aromatic rings. The maximum absolute atomic E-state index is 13.6. The number of piperidine rings is 1. The van der Waals surface area contributed by atoms with Gasteiger partial charge in [-0.1, -0.05) is 29.8 Å². The third-order valence-corrected chi connectivity index (χ3v) is 6.72. The maximum Gasteiger partial charge on any atom is 0.410 e. The fourth-order valence-corrected chi connectivity index (χ4v) is 4.64. The van der Waals surface area contributed by atoms with Crippen molar-refractivity contribution in [3.8, 4) is 11.4 Å². The van der Waals surface area contributed by atoms with Crippen LogP contribution in [0.1, 0.15) is 61.1 Å². The van der Waals surface area contributed by atoms with Crippen molar-refractivity contribution in [2.24, 2.45) is 0 Å². The van der Waals surface area contributed by atoms with Gasteiger partial charge in [0.1, 0.15) is 11.4 Å². The quantitative estimate of drug-likeness (QED) is 0.429. The van der Waals surface area contributed by atoms with E-state index >= 15 is 0 Å². The van der Waals surface area contributed by atoms with Crippen LogP contribution in [0.2, 0.25) is 5.02 Å². The number of hydrogen-bond acceptors (Lipinski definition) is 5. The van der Waals surface area contributed by atoms with Gasteiger partial charge in [-0.05, 0) is 64.3 Å². The van der Waals surface area contributed by atoms with Gasteiger partial charge in [-0.3, -0.25) is 4.79 Å². The van der Waals surface area contributed by atoms with Crippen LogP contribution in [0.25, 0.3) is 5.69 Å². The van der Waals surface area contributed by atoms with Crippen molar-refractivity contribution in [2.75, 3.05) is 25.5 Å². The minimum atomic E-state index is -0.549. The standard InChI is InChI=1S/C28H33ClN4O4/c1-18-15-23(24(36-5)16-22(18)29)31-26(34)21-17-30-33(20-9-7-6-8-10-20)25(21)19-11-13-32(14-12-19)27(35)37-28(2,3)4/h6-10,15-17,19H,11-14H2,1-5H3,(H,31,34). The predicted octanol–water partition coefficient (Wildman–Crippen LogP) is 6.21. The number of likely N-dealkylation sites (tertiary alicyclic amines) is 1. The molecule has 0 aliphatic carbocycles. The van der Waals surface area contributed by atoms with Crippen LogP contribution in [-0.4, -0.2) is 52.5 Å². The van der Waals surface area contributed by atoms with E-state index in [-0.39, 0.29) is 17.9 Å². The Balaban J connectivity index is 1.63. The molecule has 196 valence electrons.